The molecule has 3 heterocycles. The predicted octanol–water partition coefficient (Wildman–Crippen LogP) is 3.15. The van der Waals surface area contributed by atoms with Gasteiger partial charge in [0.05, 0.1) is 4.88 Å². The molecule has 1 atom stereocenters. The van der Waals surface area contributed by atoms with Crippen LogP contribution in [-0.2, 0) is 4.79 Å². The molecule has 1 aromatic heterocycles. The van der Waals surface area contributed by atoms with Crippen molar-refractivity contribution in [2.45, 2.75) is 51.0 Å². The maximum Gasteiger partial charge on any atom is 0.264 e. The first-order valence-corrected chi connectivity index (χ1v) is 9.28. The average molecular weight is 320 g/mol. The first-order chi connectivity index (χ1) is 10.8. The molecule has 2 fully saturated rings. The van der Waals surface area contributed by atoms with Gasteiger partial charge >= 0.3 is 0 Å². The topological polar surface area (TPSA) is 40.6 Å². The molecule has 120 valence electrons. The fourth-order valence-corrected chi connectivity index (χ4v) is 4.17. The Bertz CT molecular complexity index is 507. The van der Waals surface area contributed by atoms with Gasteiger partial charge in [-0.2, -0.15) is 0 Å². The molecule has 2 aliphatic heterocycles. The van der Waals surface area contributed by atoms with E-state index in [0.717, 1.165) is 43.6 Å². The van der Waals surface area contributed by atoms with Gasteiger partial charge < -0.3 is 9.80 Å². The van der Waals surface area contributed by atoms with Crippen LogP contribution in [0.15, 0.2) is 17.5 Å². The molecule has 0 N–H and O–H groups in total. The van der Waals surface area contributed by atoms with Crippen LogP contribution in [0.1, 0.15) is 54.6 Å². The summed E-state index contributed by atoms with van der Waals surface area (Å²) in [6.07, 6.45) is 7.65. The SMILES string of the molecule is O=C([C@H]1CCCN1C(=O)c1cccs1)N1CCCCCCC1. The zero-order chi connectivity index (χ0) is 15.4. The van der Waals surface area contributed by atoms with Crippen LogP contribution >= 0.6 is 11.3 Å². The summed E-state index contributed by atoms with van der Waals surface area (Å²) in [6.45, 7) is 2.42. The lowest BCUT2D eigenvalue weighted by Gasteiger charge is -2.31. The average Bonchev–Trinajstić information content (AvgIpc) is 3.17. The standard InChI is InChI=1S/C17H24N2O2S/c20-16(18-10-4-2-1-3-5-11-18)14-8-6-12-19(14)17(21)15-9-7-13-22-15/h7,9,13-14H,1-6,8,10-12H2/t14-/m1/s1. The van der Waals surface area contributed by atoms with Crippen LogP contribution < -0.4 is 0 Å². The molecule has 4 nitrogen and oxygen atoms in total. The lowest BCUT2D eigenvalue weighted by molar-refractivity contribution is -0.135. The summed E-state index contributed by atoms with van der Waals surface area (Å²) >= 11 is 1.46. The van der Waals surface area contributed by atoms with Crippen molar-refractivity contribution in [3.8, 4) is 0 Å². The van der Waals surface area contributed by atoms with Crippen LogP contribution in [0, 0.1) is 0 Å². The minimum atomic E-state index is -0.242. The Morgan fingerprint density at radius 1 is 1.00 bits per heavy atom. The van der Waals surface area contributed by atoms with Gasteiger partial charge in [0.2, 0.25) is 5.91 Å². The van der Waals surface area contributed by atoms with Gasteiger partial charge in [-0.25, -0.2) is 0 Å². The van der Waals surface area contributed by atoms with Crippen molar-refractivity contribution in [2.75, 3.05) is 19.6 Å². The number of carbonyl (C=O) groups is 2. The third-order valence-electron chi connectivity index (χ3n) is 4.70. The summed E-state index contributed by atoms with van der Waals surface area (Å²) < 4.78 is 0. The van der Waals surface area contributed by atoms with Crippen LogP contribution in [-0.4, -0.2) is 47.3 Å². The maximum atomic E-state index is 12.9. The molecule has 0 spiro atoms. The monoisotopic (exact) mass is 320 g/mol. The van der Waals surface area contributed by atoms with Crippen molar-refractivity contribution in [1.29, 1.82) is 0 Å². The number of rotatable bonds is 2. The molecule has 22 heavy (non-hydrogen) atoms. The minimum absolute atomic E-state index is 0.0258. The second-order valence-corrected chi connectivity index (χ2v) is 7.17. The number of hydrogen-bond acceptors (Lipinski definition) is 3. The van der Waals surface area contributed by atoms with Crippen molar-refractivity contribution in [2.24, 2.45) is 0 Å². The highest BCUT2D eigenvalue weighted by Gasteiger charge is 2.37. The molecule has 2 aliphatic rings. The number of likely N-dealkylation sites (tertiary alicyclic amines) is 2. The summed E-state index contributed by atoms with van der Waals surface area (Å²) in [5, 5.41) is 1.92. The molecular formula is C17H24N2O2S. The molecule has 0 bridgehead atoms. The molecule has 0 radical (unpaired) electrons. The second kappa shape index (κ2) is 7.27. The third-order valence-corrected chi connectivity index (χ3v) is 5.56. The van der Waals surface area contributed by atoms with E-state index in [1.54, 1.807) is 4.90 Å². The minimum Gasteiger partial charge on any atom is -0.341 e. The van der Waals surface area contributed by atoms with Crippen molar-refractivity contribution in [3.63, 3.8) is 0 Å². The van der Waals surface area contributed by atoms with E-state index in [4.69, 9.17) is 0 Å². The lowest BCUT2D eigenvalue weighted by atomic mass is 10.1. The van der Waals surface area contributed by atoms with E-state index in [1.165, 1.54) is 30.6 Å². The Hall–Kier alpha value is -1.36. The van der Waals surface area contributed by atoms with Gasteiger partial charge in [-0.1, -0.05) is 25.3 Å². The van der Waals surface area contributed by atoms with Gasteiger partial charge in [0.25, 0.3) is 5.91 Å². The Labute approximate surface area is 136 Å². The number of thiophene rings is 1. The Morgan fingerprint density at radius 3 is 2.41 bits per heavy atom. The normalized spacial score (nSPS) is 23.2. The van der Waals surface area contributed by atoms with Gasteiger partial charge in [0.1, 0.15) is 6.04 Å². The van der Waals surface area contributed by atoms with Crippen LogP contribution in [0.4, 0.5) is 0 Å². The molecule has 1 aromatic rings. The van der Waals surface area contributed by atoms with E-state index >= 15 is 0 Å². The summed E-state index contributed by atoms with van der Waals surface area (Å²) in [5.74, 6) is 0.196. The fourth-order valence-electron chi connectivity index (χ4n) is 3.49. The van der Waals surface area contributed by atoms with Gasteiger partial charge in [0, 0.05) is 19.6 Å². The lowest BCUT2D eigenvalue weighted by Crippen LogP contribution is -2.48. The number of carbonyl (C=O) groups excluding carboxylic acids is 2. The maximum absolute atomic E-state index is 12.9. The zero-order valence-electron chi connectivity index (χ0n) is 13.0. The van der Waals surface area contributed by atoms with Crippen molar-refractivity contribution in [1.82, 2.24) is 9.80 Å². The largest absolute Gasteiger partial charge is 0.341 e. The number of amides is 2. The van der Waals surface area contributed by atoms with E-state index in [9.17, 15) is 9.59 Å². The zero-order valence-corrected chi connectivity index (χ0v) is 13.8. The van der Waals surface area contributed by atoms with Crippen molar-refractivity contribution >= 4 is 23.2 Å². The smallest absolute Gasteiger partial charge is 0.264 e. The molecule has 0 unspecified atom stereocenters. The quantitative estimate of drug-likeness (QED) is 0.840. The number of hydrogen-bond donors (Lipinski definition) is 0. The molecular weight excluding hydrogens is 296 g/mol. The highest BCUT2D eigenvalue weighted by atomic mass is 32.1. The Morgan fingerprint density at radius 2 is 1.73 bits per heavy atom. The first-order valence-electron chi connectivity index (χ1n) is 8.40. The first kappa shape index (κ1) is 15.5. The van der Waals surface area contributed by atoms with Gasteiger partial charge in [-0.15, -0.1) is 11.3 Å². The van der Waals surface area contributed by atoms with E-state index < -0.39 is 0 Å². The Kier molecular flexibility index (Phi) is 5.13. The fraction of sp³-hybridized carbons (Fsp3) is 0.647. The summed E-state index contributed by atoms with van der Waals surface area (Å²) in [5.41, 5.74) is 0. The van der Waals surface area contributed by atoms with Crippen LogP contribution in [0.25, 0.3) is 0 Å². The second-order valence-electron chi connectivity index (χ2n) is 6.23. The van der Waals surface area contributed by atoms with Gasteiger partial charge in [-0.3, -0.25) is 9.59 Å². The summed E-state index contributed by atoms with van der Waals surface area (Å²) in [4.78, 5) is 30.0. The van der Waals surface area contributed by atoms with E-state index in [2.05, 4.69) is 0 Å². The van der Waals surface area contributed by atoms with Crippen LogP contribution in [0.5, 0.6) is 0 Å². The highest BCUT2D eigenvalue weighted by molar-refractivity contribution is 7.12. The van der Waals surface area contributed by atoms with E-state index in [-0.39, 0.29) is 17.9 Å². The molecule has 3 rings (SSSR count). The molecule has 0 aromatic carbocycles. The molecule has 5 heteroatoms. The van der Waals surface area contributed by atoms with Crippen LogP contribution in [0.3, 0.4) is 0 Å². The number of nitrogens with zero attached hydrogens (tertiary/aromatic N) is 2. The summed E-state index contributed by atoms with van der Waals surface area (Å²) in [6, 6.07) is 3.50. The van der Waals surface area contributed by atoms with E-state index in [1.807, 2.05) is 22.4 Å². The molecule has 2 saturated heterocycles. The van der Waals surface area contributed by atoms with Gasteiger partial charge in [0.15, 0.2) is 0 Å². The highest BCUT2D eigenvalue weighted by Crippen LogP contribution is 2.24. The molecule has 2 amide bonds. The van der Waals surface area contributed by atoms with E-state index in [0.29, 0.717) is 6.54 Å². The molecule has 0 aliphatic carbocycles. The van der Waals surface area contributed by atoms with Crippen LogP contribution in [0.2, 0.25) is 0 Å². The van der Waals surface area contributed by atoms with Gasteiger partial charge in [-0.05, 0) is 37.1 Å². The van der Waals surface area contributed by atoms with Crippen molar-refractivity contribution < 1.29 is 9.59 Å². The third kappa shape index (κ3) is 3.35. The molecule has 0 saturated carbocycles. The van der Waals surface area contributed by atoms with Crippen molar-refractivity contribution in [3.05, 3.63) is 22.4 Å². The summed E-state index contributed by atoms with van der Waals surface area (Å²) in [7, 11) is 0. The Balaban J connectivity index is 1.69. The predicted molar refractivity (Wildman–Crippen MR) is 88.0 cm³/mol.